The molecule has 1 unspecified atom stereocenters. The Labute approximate surface area is 725 Å². The molecule has 22 rings (SSSR count). The summed E-state index contributed by atoms with van der Waals surface area (Å²) in [6.45, 7) is 16.1. The van der Waals surface area contributed by atoms with E-state index in [9.17, 15) is 0 Å². The average molecular weight is 1590 g/mol. The molecule has 4 heteroatoms. The summed E-state index contributed by atoms with van der Waals surface area (Å²) < 4.78 is 13.3. The third kappa shape index (κ3) is 12.4. The maximum Gasteiger partial charge on any atom is 0.143 e. The van der Waals surface area contributed by atoms with Crippen LogP contribution in [0.2, 0.25) is 0 Å². The van der Waals surface area contributed by atoms with Gasteiger partial charge in [-0.15, -0.1) is 0 Å². The van der Waals surface area contributed by atoms with E-state index in [1.165, 1.54) is 94.6 Å². The Morgan fingerprint density at radius 1 is 0.250 bits per heavy atom. The first-order chi connectivity index (χ1) is 60.6. The van der Waals surface area contributed by atoms with Crippen LogP contribution in [0.15, 0.2) is 427 Å². The van der Waals surface area contributed by atoms with Gasteiger partial charge in [-0.05, 0) is 210 Å². The van der Waals surface area contributed by atoms with Crippen LogP contribution in [0.3, 0.4) is 0 Å². The average Bonchev–Trinajstić information content (AvgIpc) is 1.54. The maximum atomic E-state index is 6.69. The van der Waals surface area contributed by atoms with E-state index in [1.807, 2.05) is 12.1 Å². The molecule has 0 saturated carbocycles. The molecule has 2 heterocycles. The summed E-state index contributed by atoms with van der Waals surface area (Å²) in [5, 5.41) is 4.46. The van der Waals surface area contributed by atoms with Gasteiger partial charge in [-0.1, -0.05) is 392 Å². The SMILES string of the molecule is Cc1ccc(C2(c3ccc(C)cc3)c3ccccc3-c3ccc(N(c4ccc(-c5cccc6c5oc5ccccc56)cc4)c4ccccc4-c4cccc(CC(C)(C)c5ccc(C6(c7ccc(C(C)(C)C)cc7)c7ccccc7-c7ccc(N(c8ccc(-c9cccc%10c9oc9ccccc9%10)cc8)c8ccccc8-c8ccccc8)cc76)cc5)c4)cc32)cc1. The highest BCUT2D eigenvalue weighted by Gasteiger charge is 2.49. The summed E-state index contributed by atoms with van der Waals surface area (Å²) in [5.74, 6) is 0. The normalized spacial score (nSPS) is 13.9. The van der Waals surface area contributed by atoms with Crippen molar-refractivity contribution in [3.8, 4) is 66.8 Å². The number of rotatable bonds is 17. The molecule has 0 radical (unpaired) electrons. The zero-order chi connectivity index (χ0) is 83.6. The molecule has 0 spiro atoms. The van der Waals surface area contributed by atoms with Gasteiger partial charge in [-0.25, -0.2) is 0 Å². The van der Waals surface area contributed by atoms with Crippen LogP contribution in [0, 0.1) is 13.8 Å². The van der Waals surface area contributed by atoms with Gasteiger partial charge in [0.2, 0.25) is 0 Å². The van der Waals surface area contributed by atoms with Gasteiger partial charge in [0.15, 0.2) is 0 Å². The zero-order valence-electron chi connectivity index (χ0n) is 70.8. The van der Waals surface area contributed by atoms with Crippen LogP contribution in [0.25, 0.3) is 111 Å². The number of furan rings is 2. The van der Waals surface area contributed by atoms with Gasteiger partial charge < -0.3 is 18.6 Å². The van der Waals surface area contributed by atoms with E-state index in [0.29, 0.717) is 0 Å². The standard InChI is InChI=1S/C120H92N2O2/c1-78-46-54-87(55-47-78)119(88-56-48-79(2)49-57-88)107-40-17-11-32-99(107)101-73-71-94(76-109(101)119)122(92-68-52-83(53-69-92)98-37-25-39-106-104-35-16-22-45-114(104)124-116(98)106)112-43-20-14-31-96(112)84-29-23-26-80(74-84)77-118(6,7)86-60-64-90(65-61-86)120(89-62-58-85(59-63-89)117(3,4)5)108-41-18-12-33-100(108)102-72-70-93(75-110(102)120)121(111-42-19-13-30-95(111)81-27-9-8-10-28-81)91-66-50-82(51-67-91)97-36-24-38-105-103-34-15-21-44-113(103)123-115(97)105/h8-76H,77H2,1-7H3. The lowest BCUT2D eigenvalue weighted by Crippen LogP contribution is -2.29. The molecule has 0 bridgehead atoms. The molecule has 0 N–H and O–H groups in total. The van der Waals surface area contributed by atoms with E-state index >= 15 is 0 Å². The van der Waals surface area contributed by atoms with Crippen molar-refractivity contribution in [2.24, 2.45) is 0 Å². The monoisotopic (exact) mass is 1590 g/mol. The molecular weight excluding hydrogens is 1500 g/mol. The van der Waals surface area contributed by atoms with Crippen molar-refractivity contribution in [2.45, 2.75) is 76.5 Å². The lowest BCUT2D eigenvalue weighted by molar-refractivity contribution is 0.522. The number of fused-ring (bicyclic) bond motifs is 12. The van der Waals surface area contributed by atoms with Gasteiger partial charge in [0.05, 0.1) is 22.2 Å². The van der Waals surface area contributed by atoms with Crippen molar-refractivity contribution in [3.05, 3.63) is 491 Å². The number of anilines is 6. The third-order valence-corrected chi connectivity index (χ3v) is 26.8. The predicted octanol–water partition coefficient (Wildman–Crippen LogP) is 32.3. The quantitative estimate of drug-likeness (QED) is 0.0910. The minimum Gasteiger partial charge on any atom is -0.455 e. The molecule has 1 atom stereocenters. The Hall–Kier alpha value is -14.8. The van der Waals surface area contributed by atoms with Crippen LogP contribution in [-0.4, -0.2) is 0 Å². The van der Waals surface area contributed by atoms with E-state index in [-0.39, 0.29) is 10.8 Å². The Morgan fingerprint density at radius 3 is 1.06 bits per heavy atom. The third-order valence-electron chi connectivity index (χ3n) is 26.8. The van der Waals surface area contributed by atoms with Crippen LogP contribution in [0.1, 0.15) is 107 Å². The summed E-state index contributed by atoms with van der Waals surface area (Å²) in [7, 11) is 0. The maximum absolute atomic E-state index is 6.69. The van der Waals surface area contributed by atoms with Crippen molar-refractivity contribution in [1.29, 1.82) is 0 Å². The number of hydrogen-bond acceptors (Lipinski definition) is 4. The highest BCUT2D eigenvalue weighted by molar-refractivity contribution is 6.11. The van der Waals surface area contributed by atoms with Crippen LogP contribution in [-0.2, 0) is 28.1 Å². The Balaban J connectivity index is 0.651. The molecule has 0 amide bonds. The molecule has 2 aromatic heterocycles. The highest BCUT2D eigenvalue weighted by atomic mass is 16.3. The van der Waals surface area contributed by atoms with Crippen molar-refractivity contribution in [1.82, 2.24) is 0 Å². The van der Waals surface area contributed by atoms with E-state index < -0.39 is 10.8 Å². The van der Waals surface area contributed by atoms with E-state index in [0.717, 1.165) is 129 Å². The second-order valence-electron chi connectivity index (χ2n) is 35.7. The summed E-state index contributed by atoms with van der Waals surface area (Å²) in [6, 6.07) is 157. The number of benzene rings is 18. The fourth-order valence-electron chi connectivity index (χ4n) is 20.7. The summed E-state index contributed by atoms with van der Waals surface area (Å²) in [4.78, 5) is 4.97. The van der Waals surface area contributed by atoms with Crippen LogP contribution >= 0.6 is 0 Å². The summed E-state index contributed by atoms with van der Waals surface area (Å²) >= 11 is 0. The molecule has 2 aliphatic rings. The van der Waals surface area contributed by atoms with Crippen molar-refractivity contribution in [3.63, 3.8) is 0 Å². The topological polar surface area (TPSA) is 32.8 Å². The largest absolute Gasteiger partial charge is 0.455 e. The van der Waals surface area contributed by atoms with E-state index in [1.54, 1.807) is 0 Å². The predicted molar refractivity (Wildman–Crippen MR) is 518 cm³/mol. The van der Waals surface area contributed by atoms with Crippen LogP contribution in [0.4, 0.5) is 34.1 Å². The lowest BCUT2D eigenvalue weighted by Gasteiger charge is -2.36. The fraction of sp³-hybridized carbons (Fsp3) is 0.100. The van der Waals surface area contributed by atoms with Gasteiger partial charge in [0.1, 0.15) is 22.3 Å². The van der Waals surface area contributed by atoms with Gasteiger partial charge in [0.25, 0.3) is 0 Å². The molecule has 2 aliphatic carbocycles. The molecule has 0 saturated heterocycles. The van der Waals surface area contributed by atoms with Gasteiger partial charge in [-0.3, -0.25) is 0 Å². The molecule has 18 aromatic carbocycles. The number of para-hydroxylation sites is 6. The second-order valence-corrected chi connectivity index (χ2v) is 35.7. The molecule has 594 valence electrons. The van der Waals surface area contributed by atoms with Crippen molar-refractivity contribution >= 4 is 78.0 Å². The van der Waals surface area contributed by atoms with Gasteiger partial charge in [0, 0.05) is 66.5 Å². The summed E-state index contributed by atoms with van der Waals surface area (Å²) in [5.41, 5.74) is 38.2. The van der Waals surface area contributed by atoms with Crippen LogP contribution in [0.5, 0.6) is 0 Å². The van der Waals surface area contributed by atoms with Gasteiger partial charge >= 0.3 is 0 Å². The highest BCUT2D eigenvalue weighted by Crippen LogP contribution is 2.61. The Morgan fingerprint density at radius 2 is 0.597 bits per heavy atom. The molecule has 0 fully saturated rings. The lowest BCUT2D eigenvalue weighted by atomic mass is 9.66. The minimum absolute atomic E-state index is 0.0558. The molecule has 0 aliphatic heterocycles. The molecule has 4 nitrogen and oxygen atoms in total. The van der Waals surface area contributed by atoms with E-state index in [4.69, 9.17) is 8.83 Å². The molecular formula is C120H92N2O2. The van der Waals surface area contributed by atoms with E-state index in [2.05, 4.69) is 465 Å². The first-order valence-corrected chi connectivity index (χ1v) is 43.5. The smallest absolute Gasteiger partial charge is 0.143 e. The zero-order valence-corrected chi connectivity index (χ0v) is 70.8. The van der Waals surface area contributed by atoms with Crippen molar-refractivity contribution < 1.29 is 8.83 Å². The number of nitrogens with zero attached hydrogens (tertiary/aromatic N) is 2. The minimum atomic E-state index is -0.724. The Kier molecular flexibility index (Phi) is 18.1. The number of hydrogen-bond donors (Lipinski definition) is 0. The fourth-order valence-corrected chi connectivity index (χ4v) is 20.7. The molecule has 20 aromatic rings. The van der Waals surface area contributed by atoms with Gasteiger partial charge in [-0.2, -0.15) is 0 Å². The molecule has 124 heavy (non-hydrogen) atoms. The Bertz CT molecular complexity index is 7460. The first kappa shape index (κ1) is 75.4. The second kappa shape index (κ2) is 29.8. The van der Waals surface area contributed by atoms with Crippen LogP contribution < -0.4 is 9.80 Å². The van der Waals surface area contributed by atoms with Crippen molar-refractivity contribution in [2.75, 3.05) is 9.80 Å². The first-order valence-electron chi connectivity index (χ1n) is 43.5. The number of aryl methyl sites for hydroxylation is 2. The summed E-state index contributed by atoms with van der Waals surface area (Å²) in [6.07, 6.45) is 0.794.